The van der Waals surface area contributed by atoms with Gasteiger partial charge in [-0.2, -0.15) is 17.5 Å². The van der Waals surface area contributed by atoms with Crippen LogP contribution in [0.1, 0.15) is 0 Å². The van der Waals surface area contributed by atoms with Crippen LogP contribution in [0.2, 0.25) is 0 Å². The summed E-state index contributed by atoms with van der Waals surface area (Å²) in [6, 6.07) is 0. The third-order valence-corrected chi connectivity index (χ3v) is 4.23. The standard InChI is InChI=1S/C8H16F3N3O2S/c1-13(17(15,16)8(9,10)11)6-7-14-4-2-12-3-5-14/h12H,2-7H2,1H3. The molecule has 1 heterocycles. The van der Waals surface area contributed by atoms with E-state index >= 15 is 0 Å². The van der Waals surface area contributed by atoms with Gasteiger partial charge in [0, 0.05) is 46.3 Å². The highest BCUT2D eigenvalue weighted by Gasteiger charge is 2.48. The van der Waals surface area contributed by atoms with Gasteiger partial charge in [-0.25, -0.2) is 8.42 Å². The predicted molar refractivity (Wildman–Crippen MR) is 56.9 cm³/mol. The quantitative estimate of drug-likeness (QED) is 0.763. The fourth-order valence-electron chi connectivity index (χ4n) is 1.51. The van der Waals surface area contributed by atoms with Crippen molar-refractivity contribution in [2.24, 2.45) is 0 Å². The molecule has 0 radical (unpaired) electrons. The average molecular weight is 275 g/mol. The molecule has 102 valence electrons. The van der Waals surface area contributed by atoms with Gasteiger partial charge in [0.05, 0.1) is 0 Å². The fraction of sp³-hybridized carbons (Fsp3) is 1.00. The number of piperazine rings is 1. The fourth-order valence-corrected chi connectivity index (χ4v) is 2.19. The Morgan fingerprint density at radius 2 is 1.82 bits per heavy atom. The number of halogens is 3. The lowest BCUT2D eigenvalue weighted by atomic mass is 10.3. The van der Waals surface area contributed by atoms with Gasteiger partial charge in [0.2, 0.25) is 0 Å². The number of hydrogen-bond donors (Lipinski definition) is 1. The Morgan fingerprint density at radius 3 is 2.29 bits per heavy atom. The van der Waals surface area contributed by atoms with Crippen LogP contribution in [0.3, 0.4) is 0 Å². The number of hydrogen-bond acceptors (Lipinski definition) is 4. The SMILES string of the molecule is CN(CCN1CCNCC1)S(=O)(=O)C(F)(F)F. The molecular weight excluding hydrogens is 259 g/mol. The molecule has 1 aliphatic heterocycles. The smallest absolute Gasteiger partial charge is 0.314 e. The summed E-state index contributed by atoms with van der Waals surface area (Å²) in [4.78, 5) is 1.93. The van der Waals surface area contributed by atoms with Gasteiger partial charge in [0.1, 0.15) is 0 Å². The van der Waals surface area contributed by atoms with Crippen molar-refractivity contribution >= 4 is 10.0 Å². The Hall–Kier alpha value is -0.380. The van der Waals surface area contributed by atoms with Crippen LogP contribution in [0.5, 0.6) is 0 Å². The van der Waals surface area contributed by atoms with E-state index in [0.717, 1.165) is 33.2 Å². The molecule has 0 aromatic heterocycles. The van der Waals surface area contributed by atoms with Crippen molar-refractivity contribution in [1.82, 2.24) is 14.5 Å². The average Bonchev–Trinajstić information content (AvgIpc) is 2.25. The number of nitrogens with zero attached hydrogens (tertiary/aromatic N) is 2. The molecule has 1 N–H and O–H groups in total. The Kier molecular flexibility index (Phi) is 4.76. The molecule has 0 spiro atoms. The lowest BCUT2D eigenvalue weighted by Crippen LogP contribution is -2.47. The van der Waals surface area contributed by atoms with Crippen molar-refractivity contribution in [2.45, 2.75) is 5.51 Å². The summed E-state index contributed by atoms with van der Waals surface area (Å²) in [5, 5.41) is 3.10. The zero-order valence-electron chi connectivity index (χ0n) is 9.50. The topological polar surface area (TPSA) is 52.6 Å². The summed E-state index contributed by atoms with van der Waals surface area (Å²) in [6.07, 6.45) is 0. The van der Waals surface area contributed by atoms with E-state index in [9.17, 15) is 21.6 Å². The second kappa shape index (κ2) is 5.51. The molecule has 1 saturated heterocycles. The third-order valence-electron chi connectivity index (χ3n) is 2.64. The largest absolute Gasteiger partial charge is 0.511 e. The number of sulfonamides is 1. The maximum Gasteiger partial charge on any atom is 0.511 e. The number of alkyl halides is 3. The second-order valence-corrected chi connectivity index (χ2v) is 5.90. The van der Waals surface area contributed by atoms with Crippen LogP contribution in [-0.4, -0.2) is 69.4 Å². The first-order valence-electron chi connectivity index (χ1n) is 5.21. The van der Waals surface area contributed by atoms with Crippen molar-refractivity contribution in [3.63, 3.8) is 0 Å². The van der Waals surface area contributed by atoms with Gasteiger partial charge in [-0.3, -0.25) is 4.90 Å². The molecule has 0 atom stereocenters. The molecule has 0 aliphatic carbocycles. The summed E-state index contributed by atoms with van der Waals surface area (Å²) in [7, 11) is -4.24. The summed E-state index contributed by atoms with van der Waals surface area (Å²) < 4.78 is 58.9. The second-order valence-electron chi connectivity index (χ2n) is 3.86. The number of nitrogens with one attached hydrogen (secondary N) is 1. The van der Waals surface area contributed by atoms with Crippen LogP contribution in [0.25, 0.3) is 0 Å². The van der Waals surface area contributed by atoms with Crippen molar-refractivity contribution in [2.75, 3.05) is 46.3 Å². The number of likely N-dealkylation sites (N-methyl/N-ethyl adjacent to an activating group) is 1. The van der Waals surface area contributed by atoms with Crippen LogP contribution in [0, 0.1) is 0 Å². The molecule has 0 aromatic carbocycles. The predicted octanol–water partition coefficient (Wildman–Crippen LogP) is -0.327. The van der Waals surface area contributed by atoms with E-state index in [1.807, 2.05) is 4.90 Å². The van der Waals surface area contributed by atoms with Gasteiger partial charge in [-0.15, -0.1) is 0 Å². The third kappa shape index (κ3) is 3.80. The van der Waals surface area contributed by atoms with Crippen LogP contribution in [0.4, 0.5) is 13.2 Å². The van der Waals surface area contributed by atoms with Gasteiger partial charge in [-0.1, -0.05) is 0 Å². The van der Waals surface area contributed by atoms with Crippen LogP contribution in [-0.2, 0) is 10.0 Å². The molecule has 17 heavy (non-hydrogen) atoms. The highest BCUT2D eigenvalue weighted by atomic mass is 32.2. The summed E-state index contributed by atoms with van der Waals surface area (Å²) >= 11 is 0. The van der Waals surface area contributed by atoms with Crippen molar-refractivity contribution < 1.29 is 21.6 Å². The van der Waals surface area contributed by atoms with E-state index in [2.05, 4.69) is 5.32 Å². The minimum atomic E-state index is -5.22. The molecule has 0 aromatic rings. The van der Waals surface area contributed by atoms with E-state index < -0.39 is 15.5 Å². The highest BCUT2D eigenvalue weighted by molar-refractivity contribution is 7.89. The van der Waals surface area contributed by atoms with Crippen LogP contribution < -0.4 is 5.32 Å². The van der Waals surface area contributed by atoms with Crippen molar-refractivity contribution in [3.8, 4) is 0 Å². The highest BCUT2D eigenvalue weighted by Crippen LogP contribution is 2.25. The minimum Gasteiger partial charge on any atom is -0.314 e. The lowest BCUT2D eigenvalue weighted by Gasteiger charge is -2.29. The van der Waals surface area contributed by atoms with Gasteiger partial charge >= 0.3 is 15.5 Å². The molecule has 0 unspecified atom stereocenters. The summed E-state index contributed by atoms with van der Waals surface area (Å²) in [5.74, 6) is 0. The van der Waals surface area contributed by atoms with Gasteiger partial charge in [0.15, 0.2) is 0 Å². The molecule has 5 nitrogen and oxygen atoms in total. The Bertz CT molecular complexity index is 338. The first kappa shape index (κ1) is 14.7. The Labute approximate surface area is 98.6 Å². The first-order chi connectivity index (χ1) is 7.75. The first-order valence-corrected chi connectivity index (χ1v) is 6.65. The van der Waals surface area contributed by atoms with E-state index in [0.29, 0.717) is 10.8 Å². The van der Waals surface area contributed by atoms with Crippen LogP contribution in [0.15, 0.2) is 0 Å². The molecule has 1 aliphatic rings. The Morgan fingerprint density at radius 1 is 1.29 bits per heavy atom. The van der Waals surface area contributed by atoms with E-state index in [-0.39, 0.29) is 6.54 Å². The lowest BCUT2D eigenvalue weighted by molar-refractivity contribution is -0.0483. The summed E-state index contributed by atoms with van der Waals surface area (Å²) in [6.45, 7) is 3.15. The monoisotopic (exact) mass is 275 g/mol. The molecule has 0 amide bonds. The van der Waals surface area contributed by atoms with Crippen molar-refractivity contribution in [3.05, 3.63) is 0 Å². The van der Waals surface area contributed by atoms with Crippen molar-refractivity contribution in [1.29, 1.82) is 0 Å². The maximum absolute atomic E-state index is 12.2. The van der Waals surface area contributed by atoms with E-state index in [1.54, 1.807) is 0 Å². The van der Waals surface area contributed by atoms with E-state index in [4.69, 9.17) is 0 Å². The molecular formula is C8H16F3N3O2S. The number of rotatable bonds is 4. The zero-order valence-corrected chi connectivity index (χ0v) is 10.3. The van der Waals surface area contributed by atoms with E-state index in [1.165, 1.54) is 0 Å². The Balaban J connectivity index is 2.46. The molecule has 1 fully saturated rings. The maximum atomic E-state index is 12.2. The minimum absolute atomic E-state index is 0.151. The summed E-state index contributed by atoms with van der Waals surface area (Å²) in [5.41, 5.74) is -5.22. The van der Waals surface area contributed by atoms with Crippen LogP contribution >= 0.6 is 0 Å². The van der Waals surface area contributed by atoms with Gasteiger partial charge in [0.25, 0.3) is 0 Å². The molecule has 0 saturated carbocycles. The molecule has 1 rings (SSSR count). The normalized spacial score (nSPS) is 19.8. The molecule has 9 heteroatoms. The van der Waals surface area contributed by atoms with Gasteiger partial charge in [-0.05, 0) is 0 Å². The molecule has 0 bridgehead atoms. The zero-order chi connectivity index (χ0) is 13.1. The van der Waals surface area contributed by atoms with Gasteiger partial charge < -0.3 is 5.32 Å².